The molecule has 28 heavy (non-hydrogen) atoms. The second-order valence-corrected chi connectivity index (χ2v) is 8.05. The number of carbonyl (C=O) groups is 1. The van der Waals surface area contributed by atoms with Crippen molar-refractivity contribution >= 4 is 33.3 Å². The summed E-state index contributed by atoms with van der Waals surface area (Å²) in [4.78, 5) is 10.6. The number of carboxylic acids is 1. The van der Waals surface area contributed by atoms with Crippen LogP contribution in [0.15, 0.2) is 29.2 Å². The van der Waals surface area contributed by atoms with Crippen molar-refractivity contribution in [2.45, 2.75) is 17.2 Å². The van der Waals surface area contributed by atoms with Crippen LogP contribution in [0.25, 0.3) is 0 Å². The number of rotatable bonds is 5. The van der Waals surface area contributed by atoms with Crippen LogP contribution in [0.1, 0.15) is 23.5 Å². The Balaban J connectivity index is 2.05. The molecule has 0 bridgehead atoms. The van der Waals surface area contributed by atoms with Gasteiger partial charge >= 0.3 is 5.97 Å². The summed E-state index contributed by atoms with van der Waals surface area (Å²) in [5.74, 6) is -2.17. The molecule has 0 saturated heterocycles. The number of hydrogen-bond acceptors (Lipinski definition) is 4. The van der Waals surface area contributed by atoms with E-state index in [1.54, 1.807) is 0 Å². The largest absolute Gasteiger partial charge is 0.491 e. The summed E-state index contributed by atoms with van der Waals surface area (Å²) in [7, 11) is -4.41. The number of carboxylic acid groups (broad SMARTS) is 1. The Kier molecular flexibility index (Phi) is 5.19. The molecule has 0 fully saturated rings. The van der Waals surface area contributed by atoms with Crippen LogP contribution < -0.4 is 9.46 Å². The minimum Gasteiger partial charge on any atom is -0.491 e. The Labute approximate surface area is 164 Å². The number of aliphatic carboxylic acids is 1. The summed E-state index contributed by atoms with van der Waals surface area (Å²) in [5, 5.41) is 9.02. The third-order valence-electron chi connectivity index (χ3n) is 4.11. The zero-order chi connectivity index (χ0) is 20.6. The van der Waals surface area contributed by atoms with Gasteiger partial charge in [0.1, 0.15) is 16.5 Å². The lowest BCUT2D eigenvalue weighted by Gasteiger charge is -2.13. The van der Waals surface area contributed by atoms with Gasteiger partial charge in [-0.2, -0.15) is 0 Å². The molecule has 0 aromatic heterocycles. The number of hydrogen-bond donors (Lipinski definition) is 2. The lowest BCUT2D eigenvalue weighted by atomic mass is 9.98. The van der Waals surface area contributed by atoms with Crippen LogP contribution in [0.2, 0.25) is 5.02 Å². The van der Waals surface area contributed by atoms with Gasteiger partial charge in [-0.1, -0.05) is 17.5 Å². The van der Waals surface area contributed by atoms with E-state index in [1.807, 2.05) is 10.6 Å². The third kappa shape index (κ3) is 3.61. The van der Waals surface area contributed by atoms with E-state index < -0.39 is 49.7 Å². The topological polar surface area (TPSA) is 92.7 Å². The molecule has 1 aliphatic rings. The first-order valence-corrected chi connectivity index (χ1v) is 9.65. The fourth-order valence-electron chi connectivity index (χ4n) is 2.86. The normalized spacial score (nSPS) is 15.4. The fourth-order valence-corrected chi connectivity index (χ4v) is 4.41. The molecule has 0 spiro atoms. The lowest BCUT2D eigenvalue weighted by Crippen LogP contribution is -2.15. The molecule has 0 amide bonds. The molecule has 0 aliphatic carbocycles. The van der Waals surface area contributed by atoms with Crippen LogP contribution in [0.4, 0.5) is 14.5 Å². The van der Waals surface area contributed by atoms with Crippen molar-refractivity contribution in [2.75, 3.05) is 11.3 Å². The summed E-state index contributed by atoms with van der Waals surface area (Å²) < 4.78 is 60.8. The SMILES string of the molecule is C#Cc1c(F)ccc(NS(=O)(=O)c2cc(Cl)cc3c2OCC3CC(=O)O)c1F. The number of ether oxygens (including phenoxy) is 1. The molecule has 1 atom stereocenters. The fraction of sp³-hybridized carbons (Fsp3) is 0.167. The third-order valence-corrected chi connectivity index (χ3v) is 5.70. The molecule has 0 saturated carbocycles. The monoisotopic (exact) mass is 427 g/mol. The van der Waals surface area contributed by atoms with Gasteiger partial charge in [0.2, 0.25) is 0 Å². The first kappa shape index (κ1) is 19.9. The molecule has 6 nitrogen and oxygen atoms in total. The summed E-state index contributed by atoms with van der Waals surface area (Å²) in [6.45, 7) is -0.0450. The minimum absolute atomic E-state index is 0.0314. The molecule has 1 unspecified atom stereocenters. The van der Waals surface area contributed by atoms with Gasteiger partial charge < -0.3 is 9.84 Å². The number of halogens is 3. The molecule has 1 heterocycles. The van der Waals surface area contributed by atoms with Crippen LogP contribution in [0, 0.1) is 24.0 Å². The van der Waals surface area contributed by atoms with Crippen molar-refractivity contribution in [3.05, 3.63) is 52.0 Å². The molecular weight excluding hydrogens is 416 g/mol. The standard InChI is InChI=1S/C18H12ClF2NO5S/c1-2-11-13(20)3-4-14(17(11)21)22-28(25,26)15-7-10(19)6-12-9(5-16(23)24)8-27-18(12)15/h1,3-4,6-7,9,22H,5,8H2,(H,23,24). The zero-order valence-corrected chi connectivity index (χ0v) is 15.6. The van der Waals surface area contributed by atoms with Gasteiger partial charge in [-0.25, -0.2) is 17.2 Å². The molecule has 3 rings (SSSR count). The summed E-state index contributed by atoms with van der Waals surface area (Å²) in [6, 6.07) is 4.24. The molecule has 0 radical (unpaired) electrons. The Morgan fingerprint density at radius 1 is 1.39 bits per heavy atom. The maximum Gasteiger partial charge on any atom is 0.304 e. The molecule has 2 aromatic rings. The highest BCUT2D eigenvalue weighted by molar-refractivity contribution is 7.92. The van der Waals surface area contributed by atoms with E-state index in [9.17, 15) is 22.0 Å². The van der Waals surface area contributed by atoms with Crippen molar-refractivity contribution in [3.8, 4) is 18.1 Å². The van der Waals surface area contributed by atoms with Gasteiger partial charge in [0.05, 0.1) is 24.3 Å². The number of terminal acetylenes is 1. The minimum atomic E-state index is -4.41. The van der Waals surface area contributed by atoms with Crippen molar-refractivity contribution in [1.82, 2.24) is 0 Å². The highest BCUT2D eigenvalue weighted by atomic mass is 35.5. The van der Waals surface area contributed by atoms with Crippen molar-refractivity contribution in [3.63, 3.8) is 0 Å². The van der Waals surface area contributed by atoms with Crippen LogP contribution in [0.5, 0.6) is 5.75 Å². The van der Waals surface area contributed by atoms with E-state index in [0.717, 1.165) is 18.2 Å². The quantitative estimate of drug-likeness (QED) is 0.714. The van der Waals surface area contributed by atoms with Crippen LogP contribution in [-0.4, -0.2) is 26.1 Å². The van der Waals surface area contributed by atoms with E-state index in [4.69, 9.17) is 27.9 Å². The number of nitrogens with one attached hydrogen (secondary N) is 1. The Hall–Kier alpha value is -2.83. The average molecular weight is 428 g/mol. The average Bonchev–Trinajstić information content (AvgIpc) is 2.99. The summed E-state index contributed by atoms with van der Waals surface area (Å²) in [6.07, 6.45) is 4.77. The van der Waals surface area contributed by atoms with Gasteiger partial charge in [-0.15, -0.1) is 6.42 Å². The van der Waals surface area contributed by atoms with Gasteiger partial charge in [-0.3, -0.25) is 9.52 Å². The zero-order valence-electron chi connectivity index (χ0n) is 14.0. The summed E-state index contributed by atoms with van der Waals surface area (Å²) >= 11 is 5.99. The van der Waals surface area contributed by atoms with E-state index in [2.05, 4.69) is 0 Å². The maximum absolute atomic E-state index is 14.3. The second-order valence-electron chi connectivity index (χ2n) is 5.96. The highest BCUT2D eigenvalue weighted by Crippen LogP contribution is 2.43. The Morgan fingerprint density at radius 2 is 2.11 bits per heavy atom. The Bertz CT molecular complexity index is 1130. The molecule has 146 valence electrons. The van der Waals surface area contributed by atoms with Gasteiger partial charge in [0, 0.05) is 16.5 Å². The number of sulfonamides is 1. The predicted octanol–water partition coefficient (Wildman–Crippen LogP) is 3.35. The lowest BCUT2D eigenvalue weighted by molar-refractivity contribution is -0.137. The second kappa shape index (κ2) is 7.30. The smallest absolute Gasteiger partial charge is 0.304 e. The van der Waals surface area contributed by atoms with Crippen LogP contribution in [-0.2, 0) is 14.8 Å². The first-order valence-electron chi connectivity index (χ1n) is 7.79. The molecule has 2 aromatic carbocycles. The van der Waals surface area contributed by atoms with Gasteiger partial charge in [0.15, 0.2) is 5.82 Å². The predicted molar refractivity (Wildman–Crippen MR) is 97.0 cm³/mol. The van der Waals surface area contributed by atoms with E-state index >= 15 is 0 Å². The summed E-state index contributed by atoms with van der Waals surface area (Å²) in [5.41, 5.74) is -0.948. The maximum atomic E-state index is 14.3. The molecular formula is C18H12ClF2NO5S. The van der Waals surface area contributed by atoms with Crippen molar-refractivity contribution < 1.29 is 31.8 Å². The van der Waals surface area contributed by atoms with E-state index in [-0.39, 0.29) is 23.8 Å². The van der Waals surface area contributed by atoms with E-state index in [0.29, 0.717) is 5.56 Å². The number of fused-ring (bicyclic) bond motifs is 1. The van der Waals surface area contributed by atoms with Crippen molar-refractivity contribution in [1.29, 1.82) is 0 Å². The van der Waals surface area contributed by atoms with Crippen molar-refractivity contribution in [2.24, 2.45) is 0 Å². The highest BCUT2D eigenvalue weighted by Gasteiger charge is 2.33. The molecule has 10 heteroatoms. The molecule has 1 aliphatic heterocycles. The van der Waals surface area contributed by atoms with Crippen LogP contribution >= 0.6 is 11.6 Å². The van der Waals surface area contributed by atoms with Gasteiger partial charge in [-0.05, 0) is 24.3 Å². The Morgan fingerprint density at radius 3 is 2.75 bits per heavy atom. The van der Waals surface area contributed by atoms with E-state index in [1.165, 1.54) is 6.07 Å². The first-order chi connectivity index (χ1) is 13.1. The van der Waals surface area contributed by atoms with Gasteiger partial charge in [0.25, 0.3) is 10.0 Å². The molecule has 2 N–H and O–H groups in total. The number of benzene rings is 2. The van der Waals surface area contributed by atoms with Crippen LogP contribution in [0.3, 0.4) is 0 Å². The number of anilines is 1.